The number of nitrogens with zero attached hydrogens (tertiary/aromatic N) is 1. The lowest BCUT2D eigenvalue weighted by molar-refractivity contribution is -0.0128. The van der Waals surface area contributed by atoms with E-state index in [0.717, 1.165) is 36.4 Å². The Morgan fingerprint density at radius 1 is 1.47 bits per heavy atom. The van der Waals surface area contributed by atoms with Gasteiger partial charge in [-0.15, -0.1) is 11.3 Å². The number of aromatic nitrogens is 1. The minimum absolute atomic E-state index is 0.105. The van der Waals surface area contributed by atoms with Gasteiger partial charge in [-0.1, -0.05) is 0 Å². The molecule has 0 spiro atoms. The van der Waals surface area contributed by atoms with Crippen LogP contribution in [0.4, 0.5) is 0 Å². The highest BCUT2D eigenvalue weighted by Crippen LogP contribution is 2.22. The molecule has 0 aliphatic heterocycles. The predicted octanol–water partition coefficient (Wildman–Crippen LogP) is 2.27. The van der Waals surface area contributed by atoms with Crippen molar-refractivity contribution in [3.63, 3.8) is 0 Å². The number of aliphatic hydroxyl groups is 1. The van der Waals surface area contributed by atoms with Crippen LogP contribution in [-0.4, -0.2) is 22.3 Å². The normalized spacial score (nSPS) is 26.8. The first kappa shape index (κ1) is 11.0. The van der Waals surface area contributed by atoms with Gasteiger partial charge >= 0.3 is 0 Å². The second-order valence-corrected chi connectivity index (χ2v) is 5.16. The van der Waals surface area contributed by atoms with Gasteiger partial charge in [0.05, 0.1) is 29.5 Å². The van der Waals surface area contributed by atoms with Crippen molar-refractivity contribution in [2.75, 3.05) is 0 Å². The maximum Gasteiger partial charge on any atom is 0.0900 e. The van der Waals surface area contributed by atoms with E-state index in [1.165, 1.54) is 0 Å². The average molecular weight is 227 g/mol. The van der Waals surface area contributed by atoms with Crippen LogP contribution in [0.2, 0.25) is 0 Å². The Hall–Kier alpha value is -0.450. The monoisotopic (exact) mass is 227 g/mol. The van der Waals surface area contributed by atoms with E-state index in [1.807, 2.05) is 12.3 Å². The summed E-state index contributed by atoms with van der Waals surface area (Å²) in [7, 11) is 0. The van der Waals surface area contributed by atoms with Gasteiger partial charge in [-0.05, 0) is 32.6 Å². The molecule has 1 aromatic heterocycles. The maximum absolute atomic E-state index is 9.35. The van der Waals surface area contributed by atoms with E-state index in [-0.39, 0.29) is 6.10 Å². The molecule has 0 saturated heterocycles. The first-order valence-electron chi connectivity index (χ1n) is 5.44. The maximum atomic E-state index is 9.35. The topological polar surface area (TPSA) is 42.4 Å². The van der Waals surface area contributed by atoms with Crippen LogP contribution in [0, 0.1) is 6.92 Å². The Morgan fingerprint density at radius 3 is 2.80 bits per heavy atom. The zero-order valence-electron chi connectivity index (χ0n) is 8.98. The molecular weight excluding hydrogens is 210 g/mol. The standard InChI is InChI=1S/C11H17NO2S/c1-8-12-9(7-15-8)6-14-11-4-2-10(13)3-5-11/h7,10-11,13H,2-6H2,1H3. The van der Waals surface area contributed by atoms with Gasteiger partial charge in [0, 0.05) is 5.38 Å². The van der Waals surface area contributed by atoms with Gasteiger partial charge in [0.2, 0.25) is 0 Å². The smallest absolute Gasteiger partial charge is 0.0900 e. The largest absolute Gasteiger partial charge is 0.393 e. The number of ether oxygens (including phenoxy) is 1. The SMILES string of the molecule is Cc1nc(COC2CCC(O)CC2)cs1. The molecule has 1 aromatic rings. The van der Waals surface area contributed by atoms with Crippen molar-refractivity contribution in [2.45, 2.75) is 51.4 Å². The zero-order chi connectivity index (χ0) is 10.7. The lowest BCUT2D eigenvalue weighted by Crippen LogP contribution is -2.24. The second-order valence-electron chi connectivity index (χ2n) is 4.10. The van der Waals surface area contributed by atoms with E-state index in [2.05, 4.69) is 4.98 Å². The Bertz CT molecular complexity index is 305. The third-order valence-corrected chi connectivity index (χ3v) is 3.60. The summed E-state index contributed by atoms with van der Waals surface area (Å²) in [5.74, 6) is 0. The first-order chi connectivity index (χ1) is 7.24. The van der Waals surface area contributed by atoms with Gasteiger partial charge in [0.1, 0.15) is 0 Å². The molecule has 0 radical (unpaired) electrons. The Balaban J connectivity index is 1.74. The van der Waals surface area contributed by atoms with Crippen LogP contribution in [0.25, 0.3) is 0 Å². The molecule has 2 rings (SSSR count). The lowest BCUT2D eigenvalue weighted by Gasteiger charge is -2.25. The molecule has 1 aliphatic carbocycles. The van der Waals surface area contributed by atoms with Crippen molar-refractivity contribution in [3.8, 4) is 0 Å². The Kier molecular flexibility index (Phi) is 3.72. The fraction of sp³-hybridized carbons (Fsp3) is 0.727. The average Bonchev–Trinajstić information content (AvgIpc) is 2.64. The summed E-state index contributed by atoms with van der Waals surface area (Å²) < 4.78 is 5.76. The van der Waals surface area contributed by atoms with Crippen molar-refractivity contribution < 1.29 is 9.84 Å². The van der Waals surface area contributed by atoms with Gasteiger partial charge in [-0.3, -0.25) is 0 Å². The van der Waals surface area contributed by atoms with Crippen molar-refractivity contribution in [2.24, 2.45) is 0 Å². The van der Waals surface area contributed by atoms with Crippen LogP contribution in [0.15, 0.2) is 5.38 Å². The van der Waals surface area contributed by atoms with Gasteiger partial charge < -0.3 is 9.84 Å². The first-order valence-corrected chi connectivity index (χ1v) is 6.32. The molecule has 84 valence electrons. The summed E-state index contributed by atoms with van der Waals surface area (Å²) in [5.41, 5.74) is 1.03. The minimum Gasteiger partial charge on any atom is -0.393 e. The second kappa shape index (κ2) is 5.05. The van der Waals surface area contributed by atoms with Crippen LogP contribution in [-0.2, 0) is 11.3 Å². The molecule has 1 heterocycles. The highest BCUT2D eigenvalue weighted by molar-refractivity contribution is 7.09. The molecule has 3 nitrogen and oxygen atoms in total. The third kappa shape index (κ3) is 3.26. The van der Waals surface area contributed by atoms with Gasteiger partial charge in [0.15, 0.2) is 0 Å². The van der Waals surface area contributed by atoms with E-state index in [4.69, 9.17) is 4.74 Å². The van der Waals surface area contributed by atoms with Gasteiger partial charge in [-0.2, -0.15) is 0 Å². The predicted molar refractivity (Wildman–Crippen MR) is 59.9 cm³/mol. The van der Waals surface area contributed by atoms with Crippen LogP contribution in [0.3, 0.4) is 0 Å². The highest BCUT2D eigenvalue weighted by Gasteiger charge is 2.19. The molecule has 1 aliphatic rings. The molecular formula is C11H17NO2S. The number of hydrogen-bond acceptors (Lipinski definition) is 4. The number of aliphatic hydroxyl groups excluding tert-OH is 1. The van der Waals surface area contributed by atoms with E-state index in [1.54, 1.807) is 11.3 Å². The molecule has 0 unspecified atom stereocenters. The Morgan fingerprint density at radius 2 is 2.20 bits per heavy atom. The number of thiazole rings is 1. The quantitative estimate of drug-likeness (QED) is 0.861. The number of hydrogen-bond donors (Lipinski definition) is 1. The van der Waals surface area contributed by atoms with E-state index in [0.29, 0.717) is 12.7 Å². The summed E-state index contributed by atoms with van der Waals surface area (Å²) in [4.78, 5) is 4.35. The van der Waals surface area contributed by atoms with E-state index < -0.39 is 0 Å². The fourth-order valence-corrected chi connectivity index (χ4v) is 2.49. The van der Waals surface area contributed by atoms with Crippen molar-refractivity contribution in [1.29, 1.82) is 0 Å². The molecule has 0 aromatic carbocycles. The molecule has 4 heteroatoms. The molecule has 15 heavy (non-hydrogen) atoms. The van der Waals surface area contributed by atoms with Crippen molar-refractivity contribution in [1.82, 2.24) is 4.98 Å². The van der Waals surface area contributed by atoms with E-state index in [9.17, 15) is 5.11 Å². The van der Waals surface area contributed by atoms with E-state index >= 15 is 0 Å². The molecule has 0 atom stereocenters. The highest BCUT2D eigenvalue weighted by atomic mass is 32.1. The molecule has 1 saturated carbocycles. The summed E-state index contributed by atoms with van der Waals surface area (Å²) >= 11 is 1.66. The molecule has 0 bridgehead atoms. The Labute approximate surface area is 94.1 Å². The van der Waals surface area contributed by atoms with Gasteiger partial charge in [0.25, 0.3) is 0 Å². The summed E-state index contributed by atoms with van der Waals surface area (Å²) in [6, 6.07) is 0. The molecule has 1 N–H and O–H groups in total. The lowest BCUT2D eigenvalue weighted by atomic mass is 9.95. The zero-order valence-corrected chi connectivity index (χ0v) is 9.80. The number of aryl methyl sites for hydroxylation is 1. The van der Waals surface area contributed by atoms with Gasteiger partial charge in [-0.25, -0.2) is 4.98 Å². The summed E-state index contributed by atoms with van der Waals surface area (Å²) in [6.07, 6.45) is 3.91. The summed E-state index contributed by atoms with van der Waals surface area (Å²) in [5, 5.41) is 12.5. The minimum atomic E-state index is -0.105. The molecule has 1 fully saturated rings. The fourth-order valence-electron chi connectivity index (χ4n) is 1.89. The van der Waals surface area contributed by atoms with Crippen molar-refractivity contribution in [3.05, 3.63) is 16.1 Å². The number of rotatable bonds is 3. The van der Waals surface area contributed by atoms with Crippen molar-refractivity contribution >= 4 is 11.3 Å². The van der Waals surface area contributed by atoms with Crippen LogP contribution >= 0.6 is 11.3 Å². The molecule has 0 amide bonds. The summed E-state index contributed by atoms with van der Waals surface area (Å²) in [6.45, 7) is 2.62. The third-order valence-electron chi connectivity index (χ3n) is 2.78. The van der Waals surface area contributed by atoms with Crippen LogP contribution in [0.1, 0.15) is 36.4 Å². The van der Waals surface area contributed by atoms with Crippen LogP contribution in [0.5, 0.6) is 0 Å². The van der Waals surface area contributed by atoms with Crippen LogP contribution < -0.4 is 0 Å².